The van der Waals surface area contributed by atoms with Gasteiger partial charge < -0.3 is 21.1 Å². The standard InChI is InChI=1S/C12H15N3O3/c1-18-12(17)8-3-2-4-9(11(8)13)15-7-5-10(16)14-6-7/h2-4,7,15H,5-6,13H2,1H3,(H,14,16). The van der Waals surface area contributed by atoms with Crippen molar-refractivity contribution in [1.29, 1.82) is 0 Å². The normalized spacial score (nSPS) is 18.3. The highest BCUT2D eigenvalue weighted by Gasteiger charge is 2.22. The molecule has 6 nitrogen and oxygen atoms in total. The number of hydrogen-bond donors (Lipinski definition) is 3. The number of para-hydroxylation sites is 1. The van der Waals surface area contributed by atoms with Gasteiger partial charge in [-0.1, -0.05) is 6.07 Å². The van der Waals surface area contributed by atoms with Crippen LogP contribution in [0.15, 0.2) is 18.2 Å². The summed E-state index contributed by atoms with van der Waals surface area (Å²) in [5.74, 6) is -0.466. The number of nitrogens with one attached hydrogen (secondary N) is 2. The molecule has 0 saturated carbocycles. The number of nitrogens with two attached hydrogens (primary N) is 1. The maximum Gasteiger partial charge on any atom is 0.340 e. The number of carbonyl (C=O) groups excluding carboxylic acids is 2. The van der Waals surface area contributed by atoms with E-state index in [2.05, 4.69) is 15.4 Å². The van der Waals surface area contributed by atoms with Crippen LogP contribution < -0.4 is 16.4 Å². The van der Waals surface area contributed by atoms with Crippen LogP contribution in [-0.4, -0.2) is 31.6 Å². The molecule has 1 fully saturated rings. The average molecular weight is 249 g/mol. The fourth-order valence-corrected chi connectivity index (χ4v) is 1.91. The topological polar surface area (TPSA) is 93.5 Å². The number of carbonyl (C=O) groups is 2. The summed E-state index contributed by atoms with van der Waals surface area (Å²) in [5, 5.41) is 5.87. The van der Waals surface area contributed by atoms with Crippen molar-refractivity contribution in [3.63, 3.8) is 0 Å². The lowest BCUT2D eigenvalue weighted by Gasteiger charge is -2.15. The van der Waals surface area contributed by atoms with Gasteiger partial charge in [-0.3, -0.25) is 4.79 Å². The smallest absolute Gasteiger partial charge is 0.340 e. The Morgan fingerprint density at radius 2 is 2.33 bits per heavy atom. The minimum atomic E-state index is -0.475. The number of methoxy groups -OCH3 is 1. The zero-order valence-corrected chi connectivity index (χ0v) is 10.0. The van der Waals surface area contributed by atoms with Crippen molar-refractivity contribution in [2.24, 2.45) is 0 Å². The maximum absolute atomic E-state index is 11.5. The number of benzene rings is 1. The molecule has 1 saturated heterocycles. The molecule has 6 heteroatoms. The number of amides is 1. The summed E-state index contributed by atoms with van der Waals surface area (Å²) in [4.78, 5) is 22.6. The minimum absolute atomic E-state index is 0.00676. The van der Waals surface area contributed by atoms with Crippen molar-refractivity contribution in [3.8, 4) is 0 Å². The molecule has 1 unspecified atom stereocenters. The third-order valence-electron chi connectivity index (χ3n) is 2.85. The second-order valence-electron chi connectivity index (χ2n) is 4.11. The van der Waals surface area contributed by atoms with Gasteiger partial charge in [-0.15, -0.1) is 0 Å². The highest BCUT2D eigenvalue weighted by atomic mass is 16.5. The lowest BCUT2D eigenvalue weighted by atomic mass is 10.1. The summed E-state index contributed by atoms with van der Waals surface area (Å²) in [6.45, 7) is 0.556. The maximum atomic E-state index is 11.5. The van der Waals surface area contributed by atoms with Gasteiger partial charge in [0.15, 0.2) is 0 Å². The summed E-state index contributed by atoms with van der Waals surface area (Å²) in [7, 11) is 1.31. The second kappa shape index (κ2) is 4.95. The van der Waals surface area contributed by atoms with Crippen LogP contribution in [0.4, 0.5) is 11.4 Å². The Morgan fingerprint density at radius 3 is 2.94 bits per heavy atom. The fourth-order valence-electron chi connectivity index (χ4n) is 1.91. The van der Waals surface area contributed by atoms with Crippen molar-refractivity contribution < 1.29 is 14.3 Å². The van der Waals surface area contributed by atoms with Gasteiger partial charge in [-0.2, -0.15) is 0 Å². The Bertz CT molecular complexity index is 487. The highest BCUT2D eigenvalue weighted by molar-refractivity contribution is 5.98. The van der Waals surface area contributed by atoms with Gasteiger partial charge in [0.25, 0.3) is 0 Å². The average Bonchev–Trinajstić information content (AvgIpc) is 2.76. The van der Waals surface area contributed by atoms with Crippen molar-refractivity contribution in [2.75, 3.05) is 24.7 Å². The van der Waals surface area contributed by atoms with Crippen LogP contribution in [-0.2, 0) is 9.53 Å². The lowest BCUT2D eigenvalue weighted by molar-refractivity contribution is -0.119. The van der Waals surface area contributed by atoms with Crippen molar-refractivity contribution in [1.82, 2.24) is 5.32 Å². The first kappa shape index (κ1) is 12.2. The van der Waals surface area contributed by atoms with Crippen LogP contribution in [0.25, 0.3) is 0 Å². The molecule has 0 spiro atoms. The predicted molar refractivity (Wildman–Crippen MR) is 67.2 cm³/mol. The van der Waals surface area contributed by atoms with E-state index in [0.717, 1.165) is 0 Å². The van der Waals surface area contributed by atoms with E-state index < -0.39 is 5.97 Å². The quantitative estimate of drug-likeness (QED) is 0.531. The molecular formula is C12H15N3O3. The van der Waals surface area contributed by atoms with Gasteiger partial charge >= 0.3 is 5.97 Å². The molecule has 96 valence electrons. The van der Waals surface area contributed by atoms with E-state index in [4.69, 9.17) is 5.73 Å². The van der Waals surface area contributed by atoms with Crippen LogP contribution in [0.1, 0.15) is 16.8 Å². The number of esters is 1. The van der Waals surface area contributed by atoms with Crippen molar-refractivity contribution in [3.05, 3.63) is 23.8 Å². The lowest BCUT2D eigenvalue weighted by Crippen LogP contribution is -2.23. The largest absolute Gasteiger partial charge is 0.465 e. The molecule has 1 aliphatic rings. The molecule has 1 aromatic rings. The third-order valence-corrected chi connectivity index (χ3v) is 2.85. The van der Waals surface area contributed by atoms with Gasteiger partial charge in [0, 0.05) is 13.0 Å². The van der Waals surface area contributed by atoms with E-state index in [1.807, 2.05) is 0 Å². The molecule has 1 amide bonds. The van der Waals surface area contributed by atoms with Gasteiger partial charge in [-0.25, -0.2) is 4.79 Å². The van der Waals surface area contributed by atoms with Crippen LogP contribution >= 0.6 is 0 Å². The molecule has 0 aromatic heterocycles. The first-order valence-electron chi connectivity index (χ1n) is 5.62. The van der Waals surface area contributed by atoms with Crippen molar-refractivity contribution >= 4 is 23.3 Å². The Labute approximate surface area is 104 Å². The zero-order chi connectivity index (χ0) is 13.1. The predicted octanol–water partition coefficient (Wildman–Crippen LogP) is 0.356. The van der Waals surface area contributed by atoms with Crippen LogP contribution in [0.2, 0.25) is 0 Å². The second-order valence-corrected chi connectivity index (χ2v) is 4.11. The van der Waals surface area contributed by atoms with Crippen LogP contribution in [0.3, 0.4) is 0 Å². The van der Waals surface area contributed by atoms with Crippen LogP contribution in [0, 0.1) is 0 Å². The summed E-state index contributed by atoms with van der Waals surface area (Å²) in [6.07, 6.45) is 0.405. The van der Waals surface area contributed by atoms with E-state index in [9.17, 15) is 9.59 Å². The highest BCUT2D eigenvalue weighted by Crippen LogP contribution is 2.24. The molecule has 1 aliphatic heterocycles. The van der Waals surface area contributed by atoms with E-state index in [0.29, 0.717) is 29.9 Å². The molecule has 18 heavy (non-hydrogen) atoms. The summed E-state index contributed by atoms with van der Waals surface area (Å²) in [5.41, 5.74) is 7.20. The summed E-state index contributed by atoms with van der Waals surface area (Å²) in [6, 6.07) is 5.08. The monoisotopic (exact) mass is 249 g/mol. The Balaban J connectivity index is 2.18. The summed E-state index contributed by atoms with van der Waals surface area (Å²) >= 11 is 0. The fraction of sp³-hybridized carbons (Fsp3) is 0.333. The molecule has 1 atom stereocenters. The number of anilines is 2. The number of hydrogen-bond acceptors (Lipinski definition) is 5. The van der Waals surface area contributed by atoms with Gasteiger partial charge in [0.05, 0.1) is 30.1 Å². The first-order chi connectivity index (χ1) is 8.61. The molecule has 0 bridgehead atoms. The van der Waals surface area contributed by atoms with E-state index in [1.54, 1.807) is 18.2 Å². The molecule has 2 rings (SSSR count). The Kier molecular flexibility index (Phi) is 3.36. The number of ether oxygens (including phenoxy) is 1. The molecular weight excluding hydrogens is 234 g/mol. The van der Waals surface area contributed by atoms with E-state index >= 15 is 0 Å². The first-order valence-corrected chi connectivity index (χ1v) is 5.62. The minimum Gasteiger partial charge on any atom is -0.465 e. The zero-order valence-electron chi connectivity index (χ0n) is 10.0. The van der Waals surface area contributed by atoms with Gasteiger partial charge in [-0.05, 0) is 12.1 Å². The Hall–Kier alpha value is -2.24. The van der Waals surface area contributed by atoms with E-state index in [-0.39, 0.29) is 11.9 Å². The van der Waals surface area contributed by atoms with E-state index in [1.165, 1.54) is 7.11 Å². The Morgan fingerprint density at radius 1 is 1.56 bits per heavy atom. The van der Waals surface area contributed by atoms with Gasteiger partial charge in [0.2, 0.25) is 5.91 Å². The molecule has 1 aromatic carbocycles. The van der Waals surface area contributed by atoms with Gasteiger partial charge in [0.1, 0.15) is 0 Å². The molecule has 1 heterocycles. The van der Waals surface area contributed by atoms with Crippen molar-refractivity contribution in [2.45, 2.75) is 12.5 Å². The number of nitrogen functional groups attached to an aromatic ring is 1. The molecule has 0 radical (unpaired) electrons. The molecule has 4 N–H and O–H groups in total. The van der Waals surface area contributed by atoms with Crippen LogP contribution in [0.5, 0.6) is 0 Å². The molecule has 0 aliphatic carbocycles. The summed E-state index contributed by atoms with van der Waals surface area (Å²) < 4.78 is 4.65. The third kappa shape index (κ3) is 2.37. The number of rotatable bonds is 3. The SMILES string of the molecule is COC(=O)c1cccc(NC2CNC(=O)C2)c1N.